The standard InChI is InChI=1S/C13H15Cl2N3O/c1-8(2)16-6-5-12-17-13(18-19-12)9-3-4-10(14)11(15)7-9/h3-4,7-8,16H,5-6H2,1-2H3. The zero-order chi connectivity index (χ0) is 13.8. The minimum Gasteiger partial charge on any atom is -0.339 e. The van der Waals surface area contributed by atoms with Crippen LogP contribution in [0.25, 0.3) is 11.4 Å². The minimum atomic E-state index is 0.442. The van der Waals surface area contributed by atoms with E-state index in [1.807, 2.05) is 6.07 Å². The predicted molar refractivity (Wildman–Crippen MR) is 76.6 cm³/mol. The molecule has 0 saturated heterocycles. The van der Waals surface area contributed by atoms with Gasteiger partial charge in [0.25, 0.3) is 0 Å². The van der Waals surface area contributed by atoms with Gasteiger partial charge in [0, 0.05) is 24.6 Å². The van der Waals surface area contributed by atoms with Crippen molar-refractivity contribution in [2.75, 3.05) is 6.54 Å². The first-order chi connectivity index (χ1) is 9.06. The monoisotopic (exact) mass is 299 g/mol. The molecule has 0 spiro atoms. The van der Waals surface area contributed by atoms with Gasteiger partial charge in [-0.05, 0) is 18.2 Å². The van der Waals surface area contributed by atoms with Gasteiger partial charge in [-0.1, -0.05) is 42.2 Å². The Bertz CT molecular complexity index is 555. The number of hydrogen-bond acceptors (Lipinski definition) is 4. The van der Waals surface area contributed by atoms with Crippen LogP contribution >= 0.6 is 23.2 Å². The fourth-order valence-electron chi connectivity index (χ4n) is 1.58. The van der Waals surface area contributed by atoms with Crippen LogP contribution in [0.3, 0.4) is 0 Å². The number of halogens is 2. The van der Waals surface area contributed by atoms with Gasteiger partial charge in [0.05, 0.1) is 10.0 Å². The van der Waals surface area contributed by atoms with Gasteiger partial charge in [-0.3, -0.25) is 0 Å². The Labute approximate surface area is 122 Å². The first-order valence-corrected chi connectivity index (χ1v) is 6.83. The fourth-order valence-corrected chi connectivity index (χ4v) is 1.87. The van der Waals surface area contributed by atoms with E-state index < -0.39 is 0 Å². The molecule has 0 atom stereocenters. The number of nitrogens with zero attached hydrogens (tertiary/aromatic N) is 2. The van der Waals surface area contributed by atoms with Crippen LogP contribution in [0.4, 0.5) is 0 Å². The Kier molecular flexibility index (Phi) is 4.80. The van der Waals surface area contributed by atoms with Crippen molar-refractivity contribution in [2.24, 2.45) is 0 Å². The van der Waals surface area contributed by atoms with E-state index in [-0.39, 0.29) is 0 Å². The lowest BCUT2D eigenvalue weighted by Gasteiger charge is -2.04. The predicted octanol–water partition coefficient (Wildman–Crippen LogP) is 3.58. The highest BCUT2D eigenvalue weighted by atomic mass is 35.5. The Morgan fingerprint density at radius 1 is 1.26 bits per heavy atom. The van der Waals surface area contributed by atoms with E-state index in [2.05, 4.69) is 29.3 Å². The summed E-state index contributed by atoms with van der Waals surface area (Å²) in [5, 5.41) is 8.22. The van der Waals surface area contributed by atoms with Gasteiger partial charge in [-0.2, -0.15) is 4.98 Å². The topological polar surface area (TPSA) is 51.0 Å². The highest BCUT2D eigenvalue weighted by Crippen LogP contribution is 2.26. The molecule has 19 heavy (non-hydrogen) atoms. The molecule has 0 aliphatic heterocycles. The normalized spacial score (nSPS) is 11.2. The molecule has 0 aliphatic rings. The number of aromatic nitrogens is 2. The van der Waals surface area contributed by atoms with Gasteiger partial charge in [-0.25, -0.2) is 0 Å². The average molecular weight is 300 g/mol. The van der Waals surface area contributed by atoms with Gasteiger partial charge in [0.15, 0.2) is 0 Å². The maximum Gasteiger partial charge on any atom is 0.228 e. The second-order valence-corrected chi connectivity index (χ2v) is 5.31. The molecule has 1 heterocycles. The van der Waals surface area contributed by atoms with Crippen molar-refractivity contribution in [1.29, 1.82) is 0 Å². The summed E-state index contributed by atoms with van der Waals surface area (Å²) < 4.78 is 5.19. The third-order valence-electron chi connectivity index (χ3n) is 2.54. The van der Waals surface area contributed by atoms with Crippen LogP contribution in [0.1, 0.15) is 19.7 Å². The zero-order valence-electron chi connectivity index (χ0n) is 10.8. The first kappa shape index (κ1) is 14.3. The van der Waals surface area contributed by atoms with Gasteiger partial charge in [0.2, 0.25) is 11.7 Å². The molecule has 2 rings (SSSR count). The minimum absolute atomic E-state index is 0.442. The third-order valence-corrected chi connectivity index (χ3v) is 3.28. The van der Waals surface area contributed by atoms with Crippen molar-refractivity contribution >= 4 is 23.2 Å². The largest absolute Gasteiger partial charge is 0.339 e. The zero-order valence-corrected chi connectivity index (χ0v) is 12.3. The lowest BCUT2D eigenvalue weighted by molar-refractivity contribution is 0.374. The number of hydrogen-bond donors (Lipinski definition) is 1. The summed E-state index contributed by atoms with van der Waals surface area (Å²) in [7, 11) is 0. The van der Waals surface area contributed by atoms with Crippen LogP contribution in [-0.2, 0) is 6.42 Å². The molecule has 6 heteroatoms. The molecule has 0 fully saturated rings. The van der Waals surface area contributed by atoms with E-state index in [1.54, 1.807) is 12.1 Å². The summed E-state index contributed by atoms with van der Waals surface area (Å²) >= 11 is 11.8. The van der Waals surface area contributed by atoms with Crippen LogP contribution < -0.4 is 5.32 Å². The Balaban J connectivity index is 2.05. The second kappa shape index (κ2) is 6.37. The fraction of sp³-hybridized carbons (Fsp3) is 0.385. The van der Waals surface area contributed by atoms with E-state index in [9.17, 15) is 0 Å². The highest BCUT2D eigenvalue weighted by Gasteiger charge is 2.10. The van der Waals surface area contributed by atoms with Crippen molar-refractivity contribution in [1.82, 2.24) is 15.5 Å². The highest BCUT2D eigenvalue weighted by molar-refractivity contribution is 6.42. The molecular formula is C13H15Cl2N3O. The quantitative estimate of drug-likeness (QED) is 0.917. The lowest BCUT2D eigenvalue weighted by atomic mass is 10.2. The molecule has 0 unspecified atom stereocenters. The molecule has 102 valence electrons. The molecule has 1 aromatic carbocycles. The van der Waals surface area contributed by atoms with Gasteiger partial charge in [-0.15, -0.1) is 0 Å². The SMILES string of the molecule is CC(C)NCCc1nc(-c2ccc(Cl)c(Cl)c2)no1. The van der Waals surface area contributed by atoms with Crippen LogP contribution in [0.15, 0.2) is 22.7 Å². The summed E-state index contributed by atoms with van der Waals surface area (Å²) in [5.41, 5.74) is 0.793. The van der Waals surface area contributed by atoms with Gasteiger partial charge in [0.1, 0.15) is 0 Å². The van der Waals surface area contributed by atoms with Gasteiger partial charge < -0.3 is 9.84 Å². The average Bonchev–Trinajstić information content (AvgIpc) is 2.81. The molecule has 0 bridgehead atoms. The molecule has 1 aromatic heterocycles. The summed E-state index contributed by atoms with van der Waals surface area (Å²) in [6.45, 7) is 4.99. The van der Waals surface area contributed by atoms with Crippen LogP contribution in [0.2, 0.25) is 10.0 Å². The Morgan fingerprint density at radius 3 is 2.74 bits per heavy atom. The van der Waals surface area contributed by atoms with Crippen molar-refractivity contribution in [2.45, 2.75) is 26.3 Å². The number of rotatable bonds is 5. The summed E-state index contributed by atoms with van der Waals surface area (Å²) in [4.78, 5) is 4.33. The number of benzene rings is 1. The van der Waals surface area contributed by atoms with E-state index in [4.69, 9.17) is 27.7 Å². The van der Waals surface area contributed by atoms with E-state index in [0.29, 0.717) is 34.2 Å². The maximum atomic E-state index is 5.96. The molecule has 1 N–H and O–H groups in total. The molecule has 0 aliphatic carbocycles. The van der Waals surface area contributed by atoms with Crippen LogP contribution in [-0.4, -0.2) is 22.7 Å². The van der Waals surface area contributed by atoms with E-state index >= 15 is 0 Å². The van der Waals surface area contributed by atoms with E-state index in [1.165, 1.54) is 0 Å². The summed E-state index contributed by atoms with van der Waals surface area (Å²) in [5.74, 6) is 1.13. The lowest BCUT2D eigenvalue weighted by Crippen LogP contribution is -2.25. The van der Waals surface area contributed by atoms with Crippen molar-refractivity contribution in [3.8, 4) is 11.4 Å². The molecule has 4 nitrogen and oxygen atoms in total. The van der Waals surface area contributed by atoms with Crippen molar-refractivity contribution in [3.05, 3.63) is 34.1 Å². The Morgan fingerprint density at radius 2 is 2.05 bits per heavy atom. The molecule has 0 radical (unpaired) electrons. The molecule has 0 saturated carbocycles. The van der Waals surface area contributed by atoms with Crippen molar-refractivity contribution in [3.63, 3.8) is 0 Å². The number of nitrogens with one attached hydrogen (secondary N) is 1. The van der Waals surface area contributed by atoms with E-state index in [0.717, 1.165) is 12.1 Å². The van der Waals surface area contributed by atoms with Gasteiger partial charge >= 0.3 is 0 Å². The summed E-state index contributed by atoms with van der Waals surface area (Å²) in [6.07, 6.45) is 0.701. The molecular weight excluding hydrogens is 285 g/mol. The smallest absolute Gasteiger partial charge is 0.228 e. The molecule has 2 aromatic rings. The van der Waals surface area contributed by atoms with Crippen molar-refractivity contribution < 1.29 is 4.52 Å². The second-order valence-electron chi connectivity index (χ2n) is 4.50. The van der Waals surface area contributed by atoms with Crippen LogP contribution in [0, 0.1) is 0 Å². The van der Waals surface area contributed by atoms with Crippen LogP contribution in [0.5, 0.6) is 0 Å². The summed E-state index contributed by atoms with van der Waals surface area (Å²) in [6, 6.07) is 5.70. The first-order valence-electron chi connectivity index (χ1n) is 6.07. The third kappa shape index (κ3) is 3.93. The molecule has 0 amide bonds. The Hall–Kier alpha value is -1.10. The maximum absolute atomic E-state index is 5.96.